The summed E-state index contributed by atoms with van der Waals surface area (Å²) in [6.07, 6.45) is 0.823. The Morgan fingerprint density at radius 3 is 2.64 bits per heavy atom. The van der Waals surface area contributed by atoms with Gasteiger partial charge in [-0.1, -0.05) is 12.1 Å². The van der Waals surface area contributed by atoms with E-state index >= 15 is 0 Å². The van der Waals surface area contributed by atoms with Crippen molar-refractivity contribution in [3.63, 3.8) is 0 Å². The molecular weight excluding hydrogens is 325 g/mol. The van der Waals surface area contributed by atoms with Gasteiger partial charge in [0.25, 0.3) is 0 Å². The maximum atomic E-state index is 13.4. The quantitative estimate of drug-likeness (QED) is 0.927. The second-order valence-electron chi connectivity index (χ2n) is 5.92. The normalized spacial score (nSPS) is 13.6. The molecule has 0 aromatic heterocycles. The number of amides is 1. The third-order valence-corrected chi connectivity index (χ3v) is 4.18. The fourth-order valence-electron chi connectivity index (χ4n) is 2.80. The highest BCUT2D eigenvalue weighted by Crippen LogP contribution is 2.24. The molecule has 0 aliphatic carbocycles. The molecule has 0 fully saturated rings. The molecule has 0 radical (unpaired) electrons. The average Bonchev–Trinajstić information content (AvgIpc) is 2.82. The Morgan fingerprint density at radius 2 is 1.92 bits per heavy atom. The lowest BCUT2D eigenvalue weighted by molar-refractivity contribution is -0.131. The van der Waals surface area contributed by atoms with Crippen LogP contribution in [0.5, 0.6) is 5.75 Å². The van der Waals surface area contributed by atoms with Crippen molar-refractivity contribution in [3.05, 3.63) is 65.0 Å². The maximum absolute atomic E-state index is 13.4. The first-order chi connectivity index (χ1) is 12.0. The number of benzene rings is 2. The van der Waals surface area contributed by atoms with E-state index in [0.29, 0.717) is 43.9 Å². The summed E-state index contributed by atoms with van der Waals surface area (Å²) in [6.45, 7) is 1.15. The van der Waals surface area contributed by atoms with Gasteiger partial charge in [-0.3, -0.25) is 4.79 Å². The smallest absolute Gasteiger partial charge is 0.335 e. The van der Waals surface area contributed by atoms with Crippen molar-refractivity contribution < 1.29 is 23.8 Å². The number of ether oxygens (including phenoxy) is 1. The molecule has 25 heavy (non-hydrogen) atoms. The Morgan fingerprint density at radius 1 is 1.16 bits per heavy atom. The Labute approximate surface area is 144 Å². The Balaban J connectivity index is 1.62. The minimum atomic E-state index is -0.974. The molecule has 0 saturated heterocycles. The average molecular weight is 343 g/mol. The van der Waals surface area contributed by atoms with Crippen LogP contribution in [-0.4, -0.2) is 35.0 Å². The molecular formula is C19H18FNO4. The Kier molecular flexibility index (Phi) is 4.97. The summed E-state index contributed by atoms with van der Waals surface area (Å²) in [7, 11) is 0. The molecule has 1 amide bonds. The largest absolute Gasteiger partial charge is 0.491 e. The summed E-state index contributed by atoms with van der Waals surface area (Å²) < 4.78 is 19.0. The predicted octanol–water partition coefficient (Wildman–Crippen LogP) is 2.88. The van der Waals surface area contributed by atoms with E-state index in [1.54, 1.807) is 23.1 Å². The zero-order chi connectivity index (χ0) is 17.8. The number of carbonyl (C=O) groups is 2. The van der Waals surface area contributed by atoms with Crippen molar-refractivity contribution in [1.82, 2.24) is 4.90 Å². The lowest BCUT2D eigenvalue weighted by atomic mass is 10.1. The highest BCUT2D eigenvalue weighted by molar-refractivity contribution is 5.87. The van der Waals surface area contributed by atoms with Crippen LogP contribution in [0, 0.1) is 5.82 Å². The standard InChI is InChI=1S/C19H18FNO4/c20-16-6-7-17-15(11-16)12-21(9-10-25-17)18(22)8-3-13-1-4-14(5-2-13)19(23)24/h1-2,4-7,11H,3,8-10,12H2,(H,23,24). The highest BCUT2D eigenvalue weighted by Gasteiger charge is 2.20. The van der Waals surface area contributed by atoms with Crippen molar-refractivity contribution >= 4 is 11.9 Å². The van der Waals surface area contributed by atoms with Crippen molar-refractivity contribution in [2.75, 3.05) is 13.2 Å². The lowest BCUT2D eigenvalue weighted by Crippen LogP contribution is -2.32. The molecule has 1 aliphatic rings. The van der Waals surface area contributed by atoms with E-state index in [1.165, 1.54) is 24.3 Å². The summed E-state index contributed by atoms with van der Waals surface area (Å²) in [5.41, 5.74) is 1.78. The summed E-state index contributed by atoms with van der Waals surface area (Å²) in [5, 5.41) is 8.89. The van der Waals surface area contributed by atoms with E-state index in [4.69, 9.17) is 9.84 Å². The van der Waals surface area contributed by atoms with Crippen LogP contribution >= 0.6 is 0 Å². The number of carbonyl (C=O) groups excluding carboxylic acids is 1. The van der Waals surface area contributed by atoms with Crippen LogP contribution in [0.25, 0.3) is 0 Å². The molecule has 2 aromatic carbocycles. The van der Waals surface area contributed by atoms with Crippen molar-refractivity contribution in [2.45, 2.75) is 19.4 Å². The highest BCUT2D eigenvalue weighted by atomic mass is 19.1. The molecule has 1 N–H and O–H groups in total. The number of rotatable bonds is 4. The first-order valence-corrected chi connectivity index (χ1v) is 8.04. The Hall–Kier alpha value is -2.89. The van der Waals surface area contributed by atoms with E-state index in [1.807, 2.05) is 0 Å². The van der Waals surface area contributed by atoms with Gasteiger partial charge in [0.1, 0.15) is 18.2 Å². The van der Waals surface area contributed by atoms with Crippen LogP contribution in [0.2, 0.25) is 0 Å². The van der Waals surface area contributed by atoms with E-state index in [9.17, 15) is 14.0 Å². The molecule has 130 valence electrons. The van der Waals surface area contributed by atoms with Crippen molar-refractivity contribution in [2.24, 2.45) is 0 Å². The van der Waals surface area contributed by atoms with Gasteiger partial charge < -0.3 is 14.7 Å². The minimum absolute atomic E-state index is 0.0389. The summed E-state index contributed by atoms with van der Waals surface area (Å²) >= 11 is 0. The minimum Gasteiger partial charge on any atom is -0.491 e. The zero-order valence-corrected chi connectivity index (χ0v) is 13.6. The molecule has 5 nitrogen and oxygen atoms in total. The second kappa shape index (κ2) is 7.34. The number of aromatic carboxylic acids is 1. The maximum Gasteiger partial charge on any atom is 0.335 e. The third kappa shape index (κ3) is 4.15. The van der Waals surface area contributed by atoms with Gasteiger partial charge in [-0.2, -0.15) is 0 Å². The number of halogens is 1. The number of carboxylic acids is 1. The van der Waals surface area contributed by atoms with Crippen molar-refractivity contribution in [1.29, 1.82) is 0 Å². The molecule has 0 atom stereocenters. The van der Waals surface area contributed by atoms with Crippen LogP contribution in [0.4, 0.5) is 4.39 Å². The fourth-order valence-corrected chi connectivity index (χ4v) is 2.80. The van der Waals surface area contributed by atoms with Crippen LogP contribution in [0.1, 0.15) is 27.9 Å². The summed E-state index contributed by atoms with van der Waals surface area (Å²) in [6, 6.07) is 10.8. The molecule has 0 unspecified atom stereocenters. The molecule has 6 heteroatoms. The molecule has 0 spiro atoms. The zero-order valence-electron chi connectivity index (χ0n) is 13.6. The number of carboxylic acid groups (broad SMARTS) is 1. The van der Waals surface area contributed by atoms with Gasteiger partial charge in [0.05, 0.1) is 12.1 Å². The second-order valence-corrected chi connectivity index (χ2v) is 5.92. The number of fused-ring (bicyclic) bond motifs is 1. The van der Waals surface area contributed by atoms with Crippen LogP contribution in [-0.2, 0) is 17.8 Å². The van der Waals surface area contributed by atoms with Crippen LogP contribution in [0.3, 0.4) is 0 Å². The van der Waals surface area contributed by atoms with Gasteiger partial charge in [0, 0.05) is 18.5 Å². The van der Waals surface area contributed by atoms with Gasteiger partial charge in [-0.05, 0) is 42.3 Å². The number of hydrogen-bond donors (Lipinski definition) is 1. The van der Waals surface area contributed by atoms with Crippen molar-refractivity contribution in [3.8, 4) is 5.75 Å². The van der Waals surface area contributed by atoms with Gasteiger partial charge >= 0.3 is 5.97 Å². The predicted molar refractivity (Wildman–Crippen MR) is 89.0 cm³/mol. The van der Waals surface area contributed by atoms with E-state index < -0.39 is 5.97 Å². The van der Waals surface area contributed by atoms with Crippen LogP contribution < -0.4 is 4.74 Å². The topological polar surface area (TPSA) is 66.8 Å². The number of nitrogens with zero attached hydrogens (tertiary/aromatic N) is 1. The van der Waals surface area contributed by atoms with Gasteiger partial charge in [0.15, 0.2) is 0 Å². The molecule has 0 bridgehead atoms. The van der Waals surface area contributed by atoms with E-state index in [0.717, 1.165) is 5.56 Å². The van der Waals surface area contributed by atoms with Gasteiger partial charge in [-0.25, -0.2) is 9.18 Å². The number of aryl methyl sites for hydroxylation is 1. The molecule has 1 aliphatic heterocycles. The molecule has 3 rings (SSSR count). The SMILES string of the molecule is O=C(O)c1ccc(CCC(=O)N2CCOc3ccc(F)cc3C2)cc1. The van der Waals surface area contributed by atoms with E-state index in [-0.39, 0.29) is 17.3 Å². The van der Waals surface area contributed by atoms with Gasteiger partial charge in [0.2, 0.25) is 5.91 Å². The third-order valence-electron chi connectivity index (χ3n) is 4.18. The lowest BCUT2D eigenvalue weighted by Gasteiger charge is -2.20. The van der Waals surface area contributed by atoms with Crippen LogP contribution in [0.15, 0.2) is 42.5 Å². The first-order valence-electron chi connectivity index (χ1n) is 8.04. The van der Waals surface area contributed by atoms with E-state index in [2.05, 4.69) is 0 Å². The first kappa shape index (κ1) is 17.0. The molecule has 1 heterocycles. The summed E-state index contributed by atoms with van der Waals surface area (Å²) in [5.74, 6) is -0.753. The van der Waals surface area contributed by atoms with Gasteiger partial charge in [-0.15, -0.1) is 0 Å². The monoisotopic (exact) mass is 343 g/mol. The molecule has 2 aromatic rings. The summed E-state index contributed by atoms with van der Waals surface area (Å²) in [4.78, 5) is 25.0. The fraction of sp³-hybridized carbons (Fsp3) is 0.263. The molecule has 0 saturated carbocycles. The number of hydrogen-bond acceptors (Lipinski definition) is 3. The Bertz CT molecular complexity index is 789.